The van der Waals surface area contributed by atoms with Crippen LogP contribution < -0.4 is 47.6 Å². The number of halogens is 3. The van der Waals surface area contributed by atoms with Crippen LogP contribution in [0, 0.1) is 6.92 Å². The summed E-state index contributed by atoms with van der Waals surface area (Å²) in [4.78, 5) is 0. The van der Waals surface area contributed by atoms with E-state index in [2.05, 4.69) is 70.3 Å². The van der Waals surface area contributed by atoms with Crippen LogP contribution in [-0.4, -0.2) is 8.07 Å². The van der Waals surface area contributed by atoms with Gasteiger partial charge in [0, 0.05) is 0 Å². The molecule has 0 atom stereocenters. The van der Waals surface area contributed by atoms with Gasteiger partial charge in [-0.1, -0.05) is 95.8 Å². The first-order valence-electron chi connectivity index (χ1n) is 11.3. The second-order valence-corrected chi connectivity index (χ2v) is 13.4. The fraction of sp³-hybridized carbons (Fsp3) is 0.577. The van der Waals surface area contributed by atoms with Crippen LogP contribution in [0.4, 0.5) is 0 Å². The molecule has 0 unspecified atom stereocenters. The maximum absolute atomic E-state index is 2.55. The largest absolute Gasteiger partial charge is 4.00 e. The Kier molecular flexibility index (Phi) is 21.8. The molecule has 0 nitrogen and oxygen atoms in total. The topological polar surface area (TPSA) is 0 Å². The van der Waals surface area contributed by atoms with E-state index in [4.69, 9.17) is 0 Å². The Morgan fingerprint density at radius 2 is 1.23 bits per heavy atom. The van der Waals surface area contributed by atoms with E-state index in [1.165, 1.54) is 69.8 Å². The number of hydrogen-bond donors (Lipinski definition) is 0. The molecule has 2 aromatic carbocycles. The number of rotatable bonds is 12. The molecule has 0 saturated carbocycles. The summed E-state index contributed by atoms with van der Waals surface area (Å²) in [6.07, 6.45) is 13.3. The van der Waals surface area contributed by atoms with Crippen molar-refractivity contribution in [3.8, 4) is 0 Å². The van der Waals surface area contributed by atoms with E-state index < -0.39 is 8.07 Å². The molecule has 0 radical (unpaired) electrons. The van der Waals surface area contributed by atoms with E-state index in [0.29, 0.717) is 0 Å². The quantitative estimate of drug-likeness (QED) is 0.164. The molecule has 0 heterocycles. The molecule has 0 bridgehead atoms. The molecule has 174 valence electrons. The summed E-state index contributed by atoms with van der Waals surface area (Å²) in [5.41, 5.74) is 4.57. The Bertz CT molecular complexity index is 667. The van der Waals surface area contributed by atoms with Crippen molar-refractivity contribution >= 4 is 18.4 Å². The molecule has 0 aliphatic rings. The summed E-state index contributed by atoms with van der Waals surface area (Å²) in [5, 5.41) is 3.21. The third kappa shape index (κ3) is 11.9. The van der Waals surface area contributed by atoms with E-state index in [1.807, 2.05) is 0 Å². The van der Waals surface area contributed by atoms with Crippen LogP contribution in [0.5, 0.6) is 0 Å². The zero-order valence-corrected chi connectivity index (χ0v) is 25.0. The van der Waals surface area contributed by atoms with Crippen LogP contribution in [-0.2, 0) is 34.6 Å². The number of aryl methyl sites for hydroxylation is 3. The van der Waals surface area contributed by atoms with E-state index in [1.54, 1.807) is 21.5 Å². The number of benzene rings is 1. The monoisotopic (exact) mass is 534 g/mol. The smallest absolute Gasteiger partial charge is 1.00 e. The maximum atomic E-state index is 2.55. The van der Waals surface area contributed by atoms with Crippen molar-refractivity contribution in [1.82, 2.24) is 0 Å². The first-order valence-corrected chi connectivity index (χ1v) is 14.3. The minimum atomic E-state index is -1.61. The van der Waals surface area contributed by atoms with Crippen LogP contribution in [0.15, 0.2) is 36.4 Å². The van der Waals surface area contributed by atoms with Gasteiger partial charge in [0.25, 0.3) is 0 Å². The molecule has 2 rings (SSSR count). The van der Waals surface area contributed by atoms with Crippen molar-refractivity contribution in [3.05, 3.63) is 53.1 Å². The molecule has 0 spiro atoms. The van der Waals surface area contributed by atoms with Crippen LogP contribution in [0.3, 0.4) is 0 Å². The van der Waals surface area contributed by atoms with Gasteiger partial charge in [-0.15, -0.1) is 0 Å². The summed E-state index contributed by atoms with van der Waals surface area (Å²) in [5.74, 6) is 0. The van der Waals surface area contributed by atoms with Crippen molar-refractivity contribution < 1.29 is 58.9 Å². The molecule has 0 aliphatic heterocycles. The Hall–Kier alpha value is 0.371. The molecule has 0 aliphatic carbocycles. The zero-order valence-electron chi connectivity index (χ0n) is 20.2. The molecule has 31 heavy (non-hydrogen) atoms. The Balaban J connectivity index is -0.00000196. The number of hydrogen-bond acceptors (Lipinski definition) is 0. The standard InChI is InChI=1S/C26H41Si.3ClH.Ti/c1-6-8-10-12-14-23-19-24(15-13-11-9-7-2)21-26(20-23)27(4,5)25-17-16-22(3)18-25;;;;/h16-21H,6-15H2,1-5H3;3*1H;/q-1;;;;+4/p-3. The van der Waals surface area contributed by atoms with Gasteiger partial charge in [0.1, 0.15) is 0 Å². The first kappa shape index (κ1) is 36.0. The summed E-state index contributed by atoms with van der Waals surface area (Å²) in [6, 6.07) is 14.7. The first-order chi connectivity index (χ1) is 13.0. The van der Waals surface area contributed by atoms with Crippen molar-refractivity contribution in [3.63, 3.8) is 0 Å². The van der Waals surface area contributed by atoms with Crippen molar-refractivity contribution in [2.45, 2.75) is 98.1 Å². The summed E-state index contributed by atoms with van der Waals surface area (Å²) in [6.45, 7) is 11.9. The number of unbranched alkanes of at least 4 members (excludes halogenated alkanes) is 6. The second kappa shape index (κ2) is 18.8. The Morgan fingerprint density at radius 3 is 1.61 bits per heavy atom. The fourth-order valence-electron chi connectivity index (χ4n) is 4.04. The van der Waals surface area contributed by atoms with Crippen LogP contribution in [0.1, 0.15) is 81.9 Å². The van der Waals surface area contributed by atoms with Gasteiger partial charge in [0.15, 0.2) is 0 Å². The fourth-order valence-corrected chi connectivity index (χ4v) is 6.56. The molecule has 0 amide bonds. The maximum Gasteiger partial charge on any atom is 4.00 e. The predicted octanol–water partition coefficient (Wildman–Crippen LogP) is -2.21. The zero-order chi connectivity index (χ0) is 19.7. The van der Waals surface area contributed by atoms with Gasteiger partial charge in [-0.25, -0.2) is 11.6 Å². The van der Waals surface area contributed by atoms with Crippen molar-refractivity contribution in [2.75, 3.05) is 0 Å². The molecule has 0 saturated heterocycles. The third-order valence-electron chi connectivity index (χ3n) is 6.04. The second-order valence-electron chi connectivity index (χ2n) is 8.96. The summed E-state index contributed by atoms with van der Waals surface area (Å²) in [7, 11) is -1.61. The van der Waals surface area contributed by atoms with Gasteiger partial charge < -0.3 is 37.2 Å². The van der Waals surface area contributed by atoms with Gasteiger partial charge in [0.2, 0.25) is 0 Å². The van der Waals surface area contributed by atoms with Gasteiger partial charge in [-0.3, -0.25) is 0 Å². The molecule has 5 heteroatoms. The van der Waals surface area contributed by atoms with Gasteiger partial charge in [0.05, 0.1) is 8.07 Å². The average molecular weight is 536 g/mol. The Labute approximate surface area is 227 Å². The SMILES string of the molecule is CCCCCCc1cc(CCCCCC)cc([Si](C)(C)[c-]2ccc(C)c2)c1.[Cl-].[Cl-].[Cl-].[Ti+4]. The third-order valence-corrected chi connectivity index (χ3v) is 9.53. The minimum absolute atomic E-state index is 0. The predicted molar refractivity (Wildman–Crippen MR) is 126 cm³/mol. The molecule has 0 N–H and O–H groups in total. The Morgan fingerprint density at radius 1 is 0.742 bits per heavy atom. The van der Waals surface area contributed by atoms with Crippen molar-refractivity contribution in [2.24, 2.45) is 0 Å². The average Bonchev–Trinajstić information content (AvgIpc) is 3.09. The van der Waals surface area contributed by atoms with E-state index in [-0.39, 0.29) is 58.9 Å². The minimum Gasteiger partial charge on any atom is -1.00 e. The van der Waals surface area contributed by atoms with E-state index >= 15 is 0 Å². The van der Waals surface area contributed by atoms with E-state index in [0.717, 1.165) is 0 Å². The molecule has 0 aromatic heterocycles. The van der Waals surface area contributed by atoms with Crippen molar-refractivity contribution in [1.29, 1.82) is 0 Å². The van der Waals surface area contributed by atoms with Gasteiger partial charge in [-0.2, -0.15) is 17.3 Å². The van der Waals surface area contributed by atoms with Gasteiger partial charge >= 0.3 is 21.7 Å². The normalized spacial score (nSPS) is 10.4. The summed E-state index contributed by atoms with van der Waals surface area (Å²) < 4.78 is 0. The van der Waals surface area contributed by atoms with Crippen LogP contribution >= 0.6 is 0 Å². The molecule has 2 aromatic rings. The van der Waals surface area contributed by atoms with Crippen LogP contribution in [0.2, 0.25) is 13.1 Å². The molecule has 0 fully saturated rings. The summed E-state index contributed by atoms with van der Waals surface area (Å²) >= 11 is 0. The van der Waals surface area contributed by atoms with E-state index in [9.17, 15) is 0 Å². The van der Waals surface area contributed by atoms with Gasteiger partial charge in [-0.05, 0) is 36.8 Å². The molecular weight excluding hydrogens is 495 g/mol. The van der Waals surface area contributed by atoms with Crippen LogP contribution in [0.25, 0.3) is 0 Å². The molecular formula is C26H41Cl3SiTi.